The van der Waals surface area contributed by atoms with Crippen molar-refractivity contribution in [1.29, 1.82) is 0 Å². The molecule has 1 aromatic heterocycles. The number of nitrogens with zero attached hydrogens (tertiary/aromatic N) is 2. The summed E-state index contributed by atoms with van der Waals surface area (Å²) in [5.74, 6) is -0.716. The lowest BCUT2D eigenvalue weighted by Gasteiger charge is -2.26. The molecule has 0 saturated carbocycles. The Labute approximate surface area is 162 Å². The predicted octanol–water partition coefficient (Wildman–Crippen LogP) is 4.25. The van der Waals surface area contributed by atoms with Gasteiger partial charge < -0.3 is 15.5 Å². The molecular formula is C19H25FN4O2S. The number of nitrogens with one attached hydrogen (secondary N) is 2. The maximum absolute atomic E-state index is 13.8. The first-order valence-electron chi connectivity index (χ1n) is 8.89. The predicted molar refractivity (Wildman–Crippen MR) is 105 cm³/mol. The van der Waals surface area contributed by atoms with Gasteiger partial charge in [-0.1, -0.05) is 19.1 Å². The molecule has 0 fully saturated rings. The first-order valence-corrected chi connectivity index (χ1v) is 9.77. The molecular weight excluding hydrogens is 367 g/mol. The molecule has 1 atom stereocenters. The van der Waals surface area contributed by atoms with Crippen molar-refractivity contribution in [2.45, 2.75) is 52.7 Å². The molecule has 1 aromatic carbocycles. The summed E-state index contributed by atoms with van der Waals surface area (Å²) in [7, 11) is 0. The standard InChI is InChI=1S/C19H25FN4O2S/c1-5-13(4)21-18(25)16-11-27-17(22-16)10-24(12(2)3)19(26)23-15-9-7-6-8-14(15)20/h6-9,11-13H,5,10H2,1-4H3,(H,21,25)(H,23,26). The van der Waals surface area contributed by atoms with Crippen LogP contribution >= 0.6 is 11.3 Å². The van der Waals surface area contributed by atoms with Crippen molar-refractivity contribution in [3.8, 4) is 0 Å². The summed E-state index contributed by atoms with van der Waals surface area (Å²) in [5.41, 5.74) is 0.467. The van der Waals surface area contributed by atoms with Crippen LogP contribution < -0.4 is 10.6 Å². The fraction of sp³-hybridized carbons (Fsp3) is 0.421. The van der Waals surface area contributed by atoms with Crippen molar-refractivity contribution in [3.63, 3.8) is 0 Å². The highest BCUT2D eigenvalue weighted by molar-refractivity contribution is 7.09. The lowest BCUT2D eigenvalue weighted by molar-refractivity contribution is 0.0934. The van der Waals surface area contributed by atoms with Gasteiger partial charge in [0.2, 0.25) is 0 Å². The fourth-order valence-electron chi connectivity index (χ4n) is 2.27. The molecule has 2 rings (SSSR count). The summed E-state index contributed by atoms with van der Waals surface area (Å²) in [5, 5.41) is 7.77. The first kappa shape index (κ1) is 20.8. The van der Waals surface area contributed by atoms with Crippen LogP contribution in [0, 0.1) is 5.82 Å². The molecule has 146 valence electrons. The van der Waals surface area contributed by atoms with Crippen molar-refractivity contribution in [1.82, 2.24) is 15.2 Å². The van der Waals surface area contributed by atoms with E-state index in [1.54, 1.807) is 22.4 Å². The average molecular weight is 393 g/mol. The third-order valence-electron chi connectivity index (χ3n) is 4.08. The van der Waals surface area contributed by atoms with Gasteiger partial charge in [0.05, 0.1) is 12.2 Å². The second-order valence-corrected chi connectivity index (χ2v) is 7.48. The van der Waals surface area contributed by atoms with Gasteiger partial charge in [-0.25, -0.2) is 14.2 Å². The van der Waals surface area contributed by atoms with Gasteiger partial charge in [0.15, 0.2) is 0 Å². The van der Waals surface area contributed by atoms with E-state index in [9.17, 15) is 14.0 Å². The number of hydrogen-bond acceptors (Lipinski definition) is 4. The summed E-state index contributed by atoms with van der Waals surface area (Å²) in [6, 6.07) is 5.54. The van der Waals surface area contributed by atoms with Crippen LogP contribution in [0.1, 0.15) is 49.6 Å². The monoisotopic (exact) mass is 392 g/mol. The molecule has 0 saturated heterocycles. The molecule has 1 unspecified atom stereocenters. The van der Waals surface area contributed by atoms with Crippen molar-refractivity contribution >= 4 is 29.0 Å². The maximum Gasteiger partial charge on any atom is 0.322 e. The van der Waals surface area contributed by atoms with E-state index in [1.807, 2.05) is 27.7 Å². The van der Waals surface area contributed by atoms with Crippen LogP contribution in [0.15, 0.2) is 29.6 Å². The molecule has 0 aliphatic carbocycles. The Balaban J connectivity index is 2.07. The van der Waals surface area contributed by atoms with E-state index >= 15 is 0 Å². The number of aromatic nitrogens is 1. The van der Waals surface area contributed by atoms with E-state index in [0.717, 1.165) is 6.42 Å². The van der Waals surface area contributed by atoms with Gasteiger partial charge in [-0.3, -0.25) is 4.79 Å². The number of carbonyl (C=O) groups is 2. The molecule has 3 amide bonds. The van der Waals surface area contributed by atoms with E-state index in [0.29, 0.717) is 10.7 Å². The third-order valence-corrected chi connectivity index (χ3v) is 4.91. The normalized spacial score (nSPS) is 11.9. The number of carbonyl (C=O) groups excluding carboxylic acids is 2. The molecule has 2 N–H and O–H groups in total. The number of para-hydroxylation sites is 1. The molecule has 8 heteroatoms. The van der Waals surface area contributed by atoms with Crippen LogP contribution in [0.3, 0.4) is 0 Å². The second kappa shape index (κ2) is 9.45. The van der Waals surface area contributed by atoms with Crippen molar-refractivity contribution in [3.05, 3.63) is 46.2 Å². The quantitative estimate of drug-likeness (QED) is 0.740. The molecule has 1 heterocycles. The minimum atomic E-state index is -0.493. The number of anilines is 1. The first-order chi connectivity index (χ1) is 12.8. The van der Waals surface area contributed by atoms with Crippen LogP contribution in [0.25, 0.3) is 0 Å². The largest absolute Gasteiger partial charge is 0.348 e. The highest BCUT2D eigenvalue weighted by atomic mass is 32.1. The number of thiazole rings is 1. The van der Waals surface area contributed by atoms with E-state index in [-0.39, 0.29) is 30.2 Å². The van der Waals surface area contributed by atoms with Gasteiger partial charge in [0.25, 0.3) is 5.91 Å². The Morgan fingerprint density at radius 1 is 1.26 bits per heavy atom. The van der Waals surface area contributed by atoms with E-state index in [4.69, 9.17) is 0 Å². The summed E-state index contributed by atoms with van der Waals surface area (Å²) in [6.45, 7) is 7.89. The minimum Gasteiger partial charge on any atom is -0.348 e. The summed E-state index contributed by atoms with van der Waals surface area (Å²) >= 11 is 1.32. The summed E-state index contributed by atoms with van der Waals surface area (Å²) < 4.78 is 13.8. The van der Waals surface area contributed by atoms with E-state index in [1.165, 1.54) is 23.5 Å². The highest BCUT2D eigenvalue weighted by Crippen LogP contribution is 2.18. The minimum absolute atomic E-state index is 0.0707. The summed E-state index contributed by atoms with van der Waals surface area (Å²) in [4.78, 5) is 30.6. The zero-order valence-corrected chi connectivity index (χ0v) is 16.8. The van der Waals surface area contributed by atoms with Crippen LogP contribution in [0.5, 0.6) is 0 Å². The number of rotatable bonds is 7. The maximum atomic E-state index is 13.8. The lowest BCUT2D eigenvalue weighted by atomic mass is 10.2. The molecule has 6 nitrogen and oxygen atoms in total. The topological polar surface area (TPSA) is 74.3 Å². The Morgan fingerprint density at radius 2 is 1.96 bits per heavy atom. The third kappa shape index (κ3) is 5.75. The number of hydrogen-bond donors (Lipinski definition) is 2. The smallest absolute Gasteiger partial charge is 0.322 e. The van der Waals surface area contributed by atoms with Gasteiger partial charge in [-0.2, -0.15) is 0 Å². The van der Waals surface area contributed by atoms with E-state index in [2.05, 4.69) is 15.6 Å². The highest BCUT2D eigenvalue weighted by Gasteiger charge is 2.21. The van der Waals surface area contributed by atoms with Crippen molar-refractivity contribution in [2.24, 2.45) is 0 Å². The molecule has 0 aliphatic heterocycles. The molecule has 0 bridgehead atoms. The SMILES string of the molecule is CCC(C)NC(=O)c1csc(CN(C(=O)Nc2ccccc2F)C(C)C)n1. The zero-order chi connectivity index (χ0) is 20.0. The summed E-state index contributed by atoms with van der Waals surface area (Å²) in [6.07, 6.45) is 0.833. The molecule has 2 aromatic rings. The van der Waals surface area contributed by atoms with Gasteiger partial charge in [0.1, 0.15) is 16.5 Å². The average Bonchev–Trinajstić information content (AvgIpc) is 3.10. The number of halogens is 1. The number of amides is 3. The van der Waals surface area contributed by atoms with Crippen LogP contribution in [0.2, 0.25) is 0 Å². The van der Waals surface area contributed by atoms with E-state index < -0.39 is 11.8 Å². The van der Waals surface area contributed by atoms with Gasteiger partial charge in [0, 0.05) is 17.5 Å². The molecule has 0 radical (unpaired) electrons. The Bertz CT molecular complexity index is 794. The Kier molecular flexibility index (Phi) is 7.29. The van der Waals surface area contributed by atoms with Gasteiger partial charge >= 0.3 is 6.03 Å². The Morgan fingerprint density at radius 3 is 2.59 bits per heavy atom. The second-order valence-electron chi connectivity index (χ2n) is 6.54. The molecule has 0 spiro atoms. The van der Waals surface area contributed by atoms with Gasteiger partial charge in [-0.05, 0) is 39.3 Å². The number of benzene rings is 1. The van der Waals surface area contributed by atoms with Gasteiger partial charge in [-0.15, -0.1) is 11.3 Å². The number of urea groups is 1. The van der Waals surface area contributed by atoms with Crippen LogP contribution in [0.4, 0.5) is 14.9 Å². The van der Waals surface area contributed by atoms with Crippen LogP contribution in [-0.2, 0) is 6.54 Å². The van der Waals surface area contributed by atoms with Crippen LogP contribution in [-0.4, -0.2) is 33.9 Å². The zero-order valence-electron chi connectivity index (χ0n) is 16.0. The Hall–Kier alpha value is -2.48. The fourth-order valence-corrected chi connectivity index (χ4v) is 3.04. The lowest BCUT2D eigenvalue weighted by Crippen LogP contribution is -2.39. The van der Waals surface area contributed by atoms with Crippen molar-refractivity contribution < 1.29 is 14.0 Å². The van der Waals surface area contributed by atoms with Crippen molar-refractivity contribution in [2.75, 3.05) is 5.32 Å². The molecule has 27 heavy (non-hydrogen) atoms. The molecule has 0 aliphatic rings.